The molecule has 1 aliphatic rings. The molecule has 1 saturated heterocycles. The lowest BCUT2D eigenvalue weighted by molar-refractivity contribution is -0.129. The zero-order valence-electron chi connectivity index (χ0n) is 22.8. The van der Waals surface area contributed by atoms with Crippen molar-refractivity contribution in [1.82, 2.24) is 25.5 Å². The van der Waals surface area contributed by atoms with Crippen LogP contribution in [0.4, 0.5) is 4.39 Å². The van der Waals surface area contributed by atoms with Crippen LogP contribution in [0.2, 0.25) is 0 Å². The summed E-state index contributed by atoms with van der Waals surface area (Å²) in [5.41, 5.74) is 1.67. The van der Waals surface area contributed by atoms with E-state index >= 15 is 0 Å². The number of para-hydroxylation sites is 1. The second-order valence-corrected chi connectivity index (χ2v) is 9.85. The van der Waals surface area contributed by atoms with Crippen LogP contribution in [-0.2, 0) is 9.59 Å². The molecule has 0 bridgehead atoms. The van der Waals surface area contributed by atoms with Crippen molar-refractivity contribution >= 4 is 22.8 Å². The number of imidazole rings is 1. The quantitative estimate of drug-likeness (QED) is 0.364. The van der Waals surface area contributed by atoms with Gasteiger partial charge in [0.25, 0.3) is 0 Å². The van der Waals surface area contributed by atoms with E-state index in [1.807, 2.05) is 13.8 Å². The number of likely N-dealkylation sites (tertiary alicyclic amines) is 1. The molecule has 1 aromatic carbocycles. The number of hydrogen-bond donors (Lipinski definition) is 3. The average molecular weight is 506 g/mol. The molecular weight excluding hydrogens is 457 g/mol. The summed E-state index contributed by atoms with van der Waals surface area (Å²) >= 11 is 0. The van der Waals surface area contributed by atoms with Gasteiger partial charge in [0.15, 0.2) is 5.82 Å². The lowest BCUT2D eigenvalue weighted by Crippen LogP contribution is -2.49. The first kappa shape index (κ1) is 29.3. The van der Waals surface area contributed by atoms with E-state index in [1.54, 1.807) is 19.1 Å². The van der Waals surface area contributed by atoms with Crippen LogP contribution in [0.25, 0.3) is 11.0 Å². The molecule has 1 fully saturated rings. The Balaban J connectivity index is 0.00000334. The Hall–Kier alpha value is -2.90. The smallest absolute Gasteiger partial charge is 0.243 e. The number of nitrogens with zero attached hydrogens (tertiary/aromatic N) is 2. The second-order valence-electron chi connectivity index (χ2n) is 9.85. The predicted octanol–water partition coefficient (Wildman–Crippen LogP) is 6.10. The molecule has 1 aromatic heterocycles. The summed E-state index contributed by atoms with van der Waals surface area (Å²) in [6, 6.07) is 3.84. The van der Waals surface area contributed by atoms with Crippen molar-refractivity contribution in [2.24, 2.45) is 5.92 Å². The first-order chi connectivity index (χ1) is 17.2. The van der Waals surface area contributed by atoms with E-state index < -0.39 is 17.9 Å². The molecule has 3 N–H and O–H groups in total. The van der Waals surface area contributed by atoms with E-state index in [0.29, 0.717) is 36.1 Å². The third-order valence-electron chi connectivity index (χ3n) is 6.50. The SMILES string of the molecule is C=C(C[C@H](NC(=O)CCC(C)C)C(=O)N[C@@H](C)c1nc2c(F)cccc2[nH]1)N1CCCC[C@@H]1C.CC.[HH].[HH]. The molecule has 7 nitrogen and oxygen atoms in total. The Morgan fingerprint density at radius 3 is 2.61 bits per heavy atom. The Bertz CT molecular complexity index is 1030. The van der Waals surface area contributed by atoms with E-state index in [2.05, 4.69) is 52.9 Å². The highest BCUT2D eigenvalue weighted by molar-refractivity contribution is 5.88. The fraction of sp³-hybridized carbons (Fsp3) is 0.607. The lowest BCUT2D eigenvalue weighted by Gasteiger charge is -2.37. The van der Waals surface area contributed by atoms with Gasteiger partial charge in [-0.05, 0) is 57.6 Å². The van der Waals surface area contributed by atoms with Crippen LogP contribution in [0.15, 0.2) is 30.5 Å². The van der Waals surface area contributed by atoms with E-state index in [9.17, 15) is 14.0 Å². The number of carbonyl (C=O) groups is 2. The van der Waals surface area contributed by atoms with Crippen molar-refractivity contribution < 1.29 is 16.8 Å². The van der Waals surface area contributed by atoms with Gasteiger partial charge >= 0.3 is 0 Å². The van der Waals surface area contributed by atoms with Crippen molar-refractivity contribution in [3.05, 3.63) is 42.1 Å². The van der Waals surface area contributed by atoms with E-state index in [0.717, 1.165) is 31.5 Å². The molecule has 0 spiro atoms. The highest BCUT2D eigenvalue weighted by atomic mass is 19.1. The number of H-pyrrole nitrogens is 1. The van der Waals surface area contributed by atoms with Gasteiger partial charge < -0.3 is 20.5 Å². The number of hydrogen-bond acceptors (Lipinski definition) is 4. The highest BCUT2D eigenvalue weighted by Gasteiger charge is 2.28. The molecule has 0 unspecified atom stereocenters. The van der Waals surface area contributed by atoms with Gasteiger partial charge in [-0.2, -0.15) is 0 Å². The van der Waals surface area contributed by atoms with Crippen LogP contribution < -0.4 is 10.6 Å². The molecule has 0 saturated carbocycles. The number of benzene rings is 1. The molecule has 2 amide bonds. The Labute approximate surface area is 218 Å². The minimum Gasteiger partial charge on any atom is -0.373 e. The Morgan fingerprint density at radius 1 is 1.25 bits per heavy atom. The number of carbonyl (C=O) groups excluding carboxylic acids is 2. The monoisotopic (exact) mass is 505 g/mol. The van der Waals surface area contributed by atoms with Crippen LogP contribution in [0.1, 0.15) is 94.8 Å². The molecular formula is C28H48FN5O2. The molecule has 0 radical (unpaired) electrons. The number of aromatic nitrogens is 2. The van der Waals surface area contributed by atoms with E-state index in [-0.39, 0.29) is 20.2 Å². The summed E-state index contributed by atoms with van der Waals surface area (Å²) in [5, 5.41) is 5.86. The summed E-state index contributed by atoms with van der Waals surface area (Å²) in [5.74, 6) is -0.0118. The first-order valence-electron chi connectivity index (χ1n) is 13.3. The van der Waals surface area contributed by atoms with Crippen LogP contribution >= 0.6 is 0 Å². The topological polar surface area (TPSA) is 90.1 Å². The number of fused-ring (bicyclic) bond motifs is 1. The number of amides is 2. The maximum atomic E-state index is 14.0. The minimum absolute atomic E-state index is 0. The average Bonchev–Trinajstić information content (AvgIpc) is 3.30. The van der Waals surface area contributed by atoms with E-state index in [4.69, 9.17) is 0 Å². The molecule has 1 aliphatic heterocycles. The lowest BCUT2D eigenvalue weighted by atomic mass is 10.0. The van der Waals surface area contributed by atoms with Crippen LogP contribution in [0.5, 0.6) is 0 Å². The van der Waals surface area contributed by atoms with Crippen molar-refractivity contribution in [3.8, 4) is 0 Å². The number of rotatable bonds is 10. The molecule has 2 heterocycles. The number of aromatic amines is 1. The molecule has 0 aliphatic carbocycles. The van der Waals surface area contributed by atoms with Gasteiger partial charge in [-0.25, -0.2) is 9.37 Å². The fourth-order valence-electron chi connectivity index (χ4n) is 4.42. The maximum absolute atomic E-state index is 14.0. The van der Waals surface area contributed by atoms with Gasteiger partial charge in [-0.3, -0.25) is 9.59 Å². The van der Waals surface area contributed by atoms with Crippen LogP contribution in [-0.4, -0.2) is 45.3 Å². The Morgan fingerprint density at radius 2 is 1.97 bits per heavy atom. The van der Waals surface area contributed by atoms with Crippen molar-refractivity contribution in [2.45, 2.75) is 98.2 Å². The molecule has 2 aromatic rings. The highest BCUT2D eigenvalue weighted by Crippen LogP contribution is 2.24. The number of nitrogens with one attached hydrogen (secondary N) is 3. The molecule has 8 heteroatoms. The number of piperidine rings is 1. The first-order valence-corrected chi connectivity index (χ1v) is 13.3. The van der Waals surface area contributed by atoms with Gasteiger partial charge in [0.2, 0.25) is 11.8 Å². The predicted molar refractivity (Wildman–Crippen MR) is 148 cm³/mol. The molecule has 36 heavy (non-hydrogen) atoms. The van der Waals surface area contributed by atoms with Crippen molar-refractivity contribution in [2.75, 3.05) is 6.54 Å². The standard InChI is InChI=1S/C26H38FN5O2.C2H6.2H2/c1-16(2)12-13-23(33)29-22(15-18(4)32-14-7-6-9-17(32)3)26(34)28-19(5)25-30-21-11-8-10-20(27)24(21)31-25;1-2;;/h8,10-11,16-17,19,22H,4,6-7,9,12-15H2,1-3,5H3,(H,28,34)(H,29,33)(H,30,31);1-2H3;2*1H/t17-,19-,22-;;;/m0.../s1. The van der Waals surface area contributed by atoms with Crippen LogP contribution in [0.3, 0.4) is 0 Å². The molecule has 3 atom stereocenters. The Kier molecular flexibility index (Phi) is 11.4. The van der Waals surface area contributed by atoms with E-state index in [1.165, 1.54) is 12.5 Å². The summed E-state index contributed by atoms with van der Waals surface area (Å²) in [4.78, 5) is 35.5. The summed E-state index contributed by atoms with van der Waals surface area (Å²) in [6.45, 7) is 17.2. The maximum Gasteiger partial charge on any atom is 0.243 e. The number of halogens is 1. The van der Waals surface area contributed by atoms with Crippen molar-refractivity contribution in [3.63, 3.8) is 0 Å². The zero-order chi connectivity index (χ0) is 26.8. The molecule has 204 valence electrons. The van der Waals surface area contributed by atoms with Gasteiger partial charge in [0, 0.05) is 34.0 Å². The second kappa shape index (κ2) is 14.0. The molecule has 3 rings (SSSR count). The van der Waals surface area contributed by atoms with Gasteiger partial charge in [0.05, 0.1) is 11.6 Å². The largest absolute Gasteiger partial charge is 0.373 e. The third kappa shape index (κ3) is 8.07. The van der Waals surface area contributed by atoms with Crippen LogP contribution in [0, 0.1) is 11.7 Å². The van der Waals surface area contributed by atoms with Gasteiger partial charge in [-0.1, -0.05) is 40.3 Å². The van der Waals surface area contributed by atoms with Crippen molar-refractivity contribution in [1.29, 1.82) is 0 Å². The summed E-state index contributed by atoms with van der Waals surface area (Å²) in [7, 11) is 0. The fourth-order valence-corrected chi connectivity index (χ4v) is 4.42. The summed E-state index contributed by atoms with van der Waals surface area (Å²) < 4.78 is 14.0. The van der Waals surface area contributed by atoms with Gasteiger partial charge in [-0.15, -0.1) is 0 Å². The van der Waals surface area contributed by atoms with Gasteiger partial charge in [0.1, 0.15) is 17.4 Å². The minimum atomic E-state index is -0.746. The summed E-state index contributed by atoms with van der Waals surface area (Å²) in [6.07, 6.45) is 4.84. The normalized spacial score (nSPS) is 17.2. The third-order valence-corrected chi connectivity index (χ3v) is 6.50. The zero-order valence-corrected chi connectivity index (χ0v) is 22.8.